The third-order valence-electron chi connectivity index (χ3n) is 13.1. The predicted molar refractivity (Wildman–Crippen MR) is 272 cm³/mol. The Balaban J connectivity index is 0.871. The van der Waals surface area contributed by atoms with Crippen molar-refractivity contribution < 1.29 is 4.42 Å². The van der Waals surface area contributed by atoms with Crippen LogP contribution in [0.15, 0.2) is 235 Å². The first-order valence-corrected chi connectivity index (χ1v) is 22.1. The Labute approximate surface area is 375 Å². The van der Waals surface area contributed by atoms with Crippen LogP contribution < -0.4 is 0 Å². The Hall–Kier alpha value is -8.66. The van der Waals surface area contributed by atoms with Gasteiger partial charge in [-0.15, -0.1) is 0 Å². The van der Waals surface area contributed by atoms with E-state index in [0.717, 1.165) is 55.6 Å². The molecule has 0 saturated heterocycles. The summed E-state index contributed by atoms with van der Waals surface area (Å²) < 4.78 is 6.28. The molecular weight excluding hydrogens is 789 g/mol. The predicted octanol–water partition coefficient (Wildman–Crippen LogP) is 17.0. The van der Waals surface area contributed by atoms with Crippen LogP contribution in [-0.2, 0) is 0 Å². The zero-order valence-corrected chi connectivity index (χ0v) is 35.2. The largest absolute Gasteiger partial charge is 0.456 e. The minimum Gasteiger partial charge on any atom is -0.456 e. The lowest BCUT2D eigenvalue weighted by molar-refractivity contribution is 0.669. The number of furan rings is 1. The van der Waals surface area contributed by atoms with E-state index in [-0.39, 0.29) is 0 Å². The normalized spacial score (nSPS) is 11.7. The molecule has 0 aliphatic heterocycles. The van der Waals surface area contributed by atoms with E-state index in [2.05, 4.69) is 188 Å². The summed E-state index contributed by atoms with van der Waals surface area (Å²) in [5, 5.41) is 12.2. The second-order valence-corrected chi connectivity index (χ2v) is 16.9. The molecular formula is C62H38N2O. The van der Waals surface area contributed by atoms with Crippen LogP contribution >= 0.6 is 0 Å². The van der Waals surface area contributed by atoms with Crippen molar-refractivity contribution in [2.24, 2.45) is 0 Å². The lowest BCUT2D eigenvalue weighted by Crippen LogP contribution is -1.96. The molecule has 11 aromatic carbocycles. The molecule has 0 fully saturated rings. The van der Waals surface area contributed by atoms with Crippen LogP contribution in [0, 0.1) is 0 Å². The van der Waals surface area contributed by atoms with Gasteiger partial charge in [0.15, 0.2) is 5.82 Å². The molecule has 3 heteroatoms. The van der Waals surface area contributed by atoms with Gasteiger partial charge in [0.25, 0.3) is 0 Å². The van der Waals surface area contributed by atoms with Crippen molar-refractivity contribution in [3.63, 3.8) is 0 Å². The van der Waals surface area contributed by atoms with Crippen LogP contribution in [0.3, 0.4) is 0 Å². The molecule has 0 aliphatic carbocycles. The van der Waals surface area contributed by atoms with Gasteiger partial charge in [-0.1, -0.05) is 194 Å². The number of nitrogens with zero attached hydrogens (tertiary/aromatic N) is 2. The van der Waals surface area contributed by atoms with Crippen molar-refractivity contribution in [1.82, 2.24) is 9.97 Å². The van der Waals surface area contributed by atoms with Crippen molar-refractivity contribution in [2.75, 3.05) is 0 Å². The Morgan fingerprint density at radius 1 is 0.262 bits per heavy atom. The fourth-order valence-corrected chi connectivity index (χ4v) is 9.92. The van der Waals surface area contributed by atoms with Crippen molar-refractivity contribution in [3.8, 4) is 67.3 Å². The molecule has 2 aromatic heterocycles. The zero-order chi connectivity index (χ0) is 42.8. The van der Waals surface area contributed by atoms with E-state index in [4.69, 9.17) is 14.4 Å². The summed E-state index contributed by atoms with van der Waals surface area (Å²) in [6.07, 6.45) is 0. The molecule has 0 atom stereocenters. The topological polar surface area (TPSA) is 38.9 Å². The first kappa shape index (κ1) is 36.9. The number of fused-ring (bicyclic) bond motifs is 8. The monoisotopic (exact) mass is 826 g/mol. The van der Waals surface area contributed by atoms with E-state index in [9.17, 15) is 0 Å². The van der Waals surface area contributed by atoms with E-state index < -0.39 is 0 Å². The van der Waals surface area contributed by atoms with Crippen molar-refractivity contribution in [2.45, 2.75) is 0 Å². The molecule has 13 rings (SSSR count). The molecule has 0 N–H and O–H groups in total. The third kappa shape index (κ3) is 6.28. The molecule has 302 valence electrons. The molecule has 0 bridgehead atoms. The third-order valence-corrected chi connectivity index (χ3v) is 13.1. The smallest absolute Gasteiger partial charge is 0.160 e. The van der Waals surface area contributed by atoms with Gasteiger partial charge in [0.1, 0.15) is 11.2 Å². The molecule has 2 heterocycles. The molecule has 3 nitrogen and oxygen atoms in total. The highest BCUT2D eigenvalue weighted by Crippen LogP contribution is 2.42. The van der Waals surface area contributed by atoms with Crippen LogP contribution in [0.2, 0.25) is 0 Å². The maximum absolute atomic E-state index is 6.28. The summed E-state index contributed by atoms with van der Waals surface area (Å²) in [6, 6.07) is 82.4. The van der Waals surface area contributed by atoms with Gasteiger partial charge in [-0.05, 0) is 113 Å². The van der Waals surface area contributed by atoms with Gasteiger partial charge in [-0.3, -0.25) is 0 Å². The number of rotatable bonds is 6. The minimum absolute atomic E-state index is 0.681. The van der Waals surface area contributed by atoms with Crippen molar-refractivity contribution >= 4 is 65.0 Å². The lowest BCUT2D eigenvalue weighted by atomic mass is 9.89. The lowest BCUT2D eigenvalue weighted by Gasteiger charge is -2.15. The van der Waals surface area contributed by atoms with Gasteiger partial charge in [0, 0.05) is 27.5 Å². The van der Waals surface area contributed by atoms with Gasteiger partial charge in [-0.25, -0.2) is 9.97 Å². The van der Waals surface area contributed by atoms with Crippen molar-refractivity contribution in [3.05, 3.63) is 231 Å². The fraction of sp³-hybridized carbons (Fsp3) is 0. The summed E-state index contributed by atoms with van der Waals surface area (Å²) in [5.74, 6) is 0.681. The Morgan fingerprint density at radius 2 is 0.785 bits per heavy atom. The molecule has 0 amide bonds. The maximum Gasteiger partial charge on any atom is 0.160 e. The van der Waals surface area contributed by atoms with Gasteiger partial charge in [-0.2, -0.15) is 0 Å². The average Bonchev–Trinajstić information content (AvgIpc) is 3.77. The Bertz CT molecular complexity index is 3980. The van der Waals surface area contributed by atoms with E-state index >= 15 is 0 Å². The first-order valence-electron chi connectivity index (χ1n) is 22.1. The molecule has 0 unspecified atom stereocenters. The van der Waals surface area contributed by atoms with Gasteiger partial charge < -0.3 is 4.42 Å². The standard InChI is InChI=1S/C62H38N2O/c1-2-13-43(14-3-1)62-63-57(38-58(64-62)52-22-12-24-60-61(52)53-21-10-11-23-59(53)65-60)42-31-29-40(30-32-42)49-34-33-48(50-19-8-9-20-51(49)50)39-25-27-41(28-26-39)54-37-46-17-6-7-18-47(46)55-35-44-15-4-5-16-45(44)36-56(54)55/h1-38H. The number of para-hydroxylation sites is 1. The van der Waals surface area contributed by atoms with Crippen LogP contribution in [0.5, 0.6) is 0 Å². The number of hydrogen-bond donors (Lipinski definition) is 0. The van der Waals surface area contributed by atoms with Crippen LogP contribution in [0.25, 0.3) is 132 Å². The van der Waals surface area contributed by atoms with E-state index in [1.54, 1.807) is 0 Å². The van der Waals surface area contributed by atoms with Crippen LogP contribution in [-0.4, -0.2) is 9.97 Å². The highest BCUT2D eigenvalue weighted by Gasteiger charge is 2.18. The zero-order valence-electron chi connectivity index (χ0n) is 35.2. The van der Waals surface area contributed by atoms with E-state index in [1.807, 2.05) is 42.5 Å². The highest BCUT2D eigenvalue weighted by atomic mass is 16.3. The first-order chi connectivity index (χ1) is 32.2. The maximum atomic E-state index is 6.28. The van der Waals surface area contributed by atoms with Gasteiger partial charge in [0.05, 0.1) is 11.4 Å². The number of aromatic nitrogens is 2. The van der Waals surface area contributed by atoms with Crippen LogP contribution in [0.4, 0.5) is 0 Å². The SMILES string of the molecule is c1ccc(-c2nc(-c3ccc(-c4ccc(-c5ccc(-c6cc7ccccc7c7cc8ccccc8cc67)cc5)c5ccccc45)cc3)cc(-c3cccc4oc5ccccc5c34)n2)cc1. The summed E-state index contributed by atoms with van der Waals surface area (Å²) in [5.41, 5.74) is 13.6. The molecule has 0 radical (unpaired) electrons. The summed E-state index contributed by atoms with van der Waals surface area (Å²) in [7, 11) is 0. The van der Waals surface area contributed by atoms with Crippen LogP contribution in [0.1, 0.15) is 0 Å². The van der Waals surface area contributed by atoms with Gasteiger partial charge >= 0.3 is 0 Å². The number of benzene rings is 11. The van der Waals surface area contributed by atoms with E-state index in [0.29, 0.717) is 5.82 Å². The Kier molecular flexibility index (Phi) is 8.53. The quantitative estimate of drug-likeness (QED) is 0.124. The average molecular weight is 827 g/mol. The molecule has 0 aliphatic rings. The summed E-state index contributed by atoms with van der Waals surface area (Å²) in [4.78, 5) is 10.3. The Morgan fingerprint density at radius 3 is 1.48 bits per heavy atom. The molecule has 13 aromatic rings. The minimum atomic E-state index is 0.681. The number of hydrogen-bond acceptors (Lipinski definition) is 3. The molecule has 0 spiro atoms. The highest BCUT2D eigenvalue weighted by molar-refractivity contribution is 6.18. The summed E-state index contributed by atoms with van der Waals surface area (Å²) >= 11 is 0. The second kappa shape index (κ2) is 15.0. The van der Waals surface area contributed by atoms with Crippen molar-refractivity contribution in [1.29, 1.82) is 0 Å². The molecule has 0 saturated carbocycles. The van der Waals surface area contributed by atoms with E-state index in [1.165, 1.54) is 70.9 Å². The molecule has 65 heavy (non-hydrogen) atoms. The fourth-order valence-electron chi connectivity index (χ4n) is 9.92. The van der Waals surface area contributed by atoms with Gasteiger partial charge in [0.2, 0.25) is 0 Å². The summed E-state index contributed by atoms with van der Waals surface area (Å²) in [6.45, 7) is 0. The second-order valence-electron chi connectivity index (χ2n) is 16.9.